The van der Waals surface area contributed by atoms with E-state index in [9.17, 15) is 9.18 Å². The van der Waals surface area contributed by atoms with Gasteiger partial charge in [-0.25, -0.2) is 9.37 Å². The molecular weight excluding hydrogens is 363 g/mol. The zero-order valence-corrected chi connectivity index (χ0v) is 15.5. The molecule has 2 aromatic heterocycles. The van der Waals surface area contributed by atoms with Gasteiger partial charge < -0.3 is 9.64 Å². The molecule has 5 rings (SSSR count). The largest absolute Gasteiger partial charge is 0.474 e. The minimum Gasteiger partial charge on any atom is -0.474 e. The van der Waals surface area contributed by atoms with Gasteiger partial charge in [-0.3, -0.25) is 4.79 Å². The maximum Gasteiger partial charge on any atom is 0.264 e. The average Bonchev–Trinajstić information content (AvgIpc) is 3.20. The van der Waals surface area contributed by atoms with Crippen molar-refractivity contribution in [3.05, 3.63) is 59.4 Å². The van der Waals surface area contributed by atoms with Gasteiger partial charge in [0.05, 0.1) is 4.88 Å². The van der Waals surface area contributed by atoms with Crippen LogP contribution in [0.2, 0.25) is 0 Å². The molecule has 2 atom stereocenters. The molecular formula is C21H19FN2O2S. The van der Waals surface area contributed by atoms with E-state index in [1.807, 2.05) is 29.2 Å². The van der Waals surface area contributed by atoms with Gasteiger partial charge in [0, 0.05) is 41.9 Å². The Morgan fingerprint density at radius 3 is 2.70 bits per heavy atom. The van der Waals surface area contributed by atoms with Crippen molar-refractivity contribution in [2.24, 2.45) is 0 Å². The SMILES string of the molecule is O=C(c1cc2cc(F)ccc2s1)N1C2CCC1CC(Oc1ccccn1)C2. The summed E-state index contributed by atoms with van der Waals surface area (Å²) < 4.78 is 20.4. The normalized spacial score (nSPS) is 24.3. The summed E-state index contributed by atoms with van der Waals surface area (Å²) >= 11 is 1.44. The van der Waals surface area contributed by atoms with Crippen molar-refractivity contribution in [3.8, 4) is 5.88 Å². The summed E-state index contributed by atoms with van der Waals surface area (Å²) in [6, 6.07) is 12.6. The van der Waals surface area contributed by atoms with Crippen LogP contribution in [0.15, 0.2) is 48.7 Å². The monoisotopic (exact) mass is 382 g/mol. The molecule has 4 nitrogen and oxygen atoms in total. The first-order valence-corrected chi connectivity index (χ1v) is 10.1. The number of piperidine rings is 1. The van der Waals surface area contributed by atoms with Crippen LogP contribution in [0.3, 0.4) is 0 Å². The summed E-state index contributed by atoms with van der Waals surface area (Å²) in [4.78, 5) is 20.1. The van der Waals surface area contributed by atoms with Crippen LogP contribution in [0.1, 0.15) is 35.4 Å². The zero-order valence-electron chi connectivity index (χ0n) is 14.7. The minimum atomic E-state index is -0.271. The Kier molecular flexibility index (Phi) is 4.08. The van der Waals surface area contributed by atoms with Crippen molar-refractivity contribution in [2.45, 2.75) is 43.9 Å². The fourth-order valence-electron chi connectivity index (χ4n) is 4.39. The fraction of sp³-hybridized carbons (Fsp3) is 0.333. The standard InChI is InChI=1S/C21H19FN2O2S/c22-14-4-7-18-13(9-14)10-19(27-18)21(25)24-15-5-6-16(24)12-17(11-15)26-20-3-1-2-8-23-20/h1-4,7-10,15-17H,5-6,11-12H2. The van der Waals surface area contributed by atoms with E-state index in [4.69, 9.17) is 4.74 Å². The molecule has 2 aliphatic rings. The first-order valence-electron chi connectivity index (χ1n) is 9.27. The van der Waals surface area contributed by atoms with Crippen molar-refractivity contribution in [1.29, 1.82) is 0 Å². The highest BCUT2D eigenvalue weighted by molar-refractivity contribution is 7.20. The lowest BCUT2D eigenvalue weighted by Gasteiger charge is -2.38. The van der Waals surface area contributed by atoms with Gasteiger partial charge in [0.2, 0.25) is 5.88 Å². The lowest BCUT2D eigenvalue weighted by Crippen LogP contribution is -2.49. The molecule has 0 saturated carbocycles. The average molecular weight is 382 g/mol. The molecule has 0 N–H and O–H groups in total. The van der Waals surface area contributed by atoms with Crippen LogP contribution >= 0.6 is 11.3 Å². The van der Waals surface area contributed by atoms with Crippen LogP contribution in [-0.4, -0.2) is 34.0 Å². The molecule has 2 bridgehead atoms. The van der Waals surface area contributed by atoms with Gasteiger partial charge in [-0.2, -0.15) is 0 Å². The minimum absolute atomic E-state index is 0.0698. The molecule has 0 radical (unpaired) electrons. The van der Waals surface area contributed by atoms with Crippen molar-refractivity contribution < 1.29 is 13.9 Å². The van der Waals surface area contributed by atoms with Gasteiger partial charge in [0.1, 0.15) is 11.9 Å². The predicted molar refractivity (Wildman–Crippen MR) is 103 cm³/mol. The van der Waals surface area contributed by atoms with Gasteiger partial charge >= 0.3 is 0 Å². The molecule has 2 unspecified atom stereocenters. The molecule has 27 heavy (non-hydrogen) atoms. The number of benzene rings is 1. The topological polar surface area (TPSA) is 42.4 Å². The third kappa shape index (κ3) is 3.08. The third-order valence-electron chi connectivity index (χ3n) is 5.54. The predicted octanol–water partition coefficient (Wildman–Crippen LogP) is 4.65. The highest BCUT2D eigenvalue weighted by Crippen LogP contribution is 2.39. The number of hydrogen-bond acceptors (Lipinski definition) is 4. The van der Waals surface area contributed by atoms with Gasteiger partial charge in [0.25, 0.3) is 5.91 Å². The lowest BCUT2D eigenvalue weighted by atomic mass is 9.99. The smallest absolute Gasteiger partial charge is 0.264 e. The number of carbonyl (C=O) groups is 1. The van der Waals surface area contributed by atoms with E-state index in [1.54, 1.807) is 12.3 Å². The van der Waals surface area contributed by atoms with Crippen LogP contribution < -0.4 is 4.74 Å². The molecule has 1 aromatic carbocycles. The van der Waals surface area contributed by atoms with Crippen molar-refractivity contribution in [3.63, 3.8) is 0 Å². The first kappa shape index (κ1) is 16.7. The number of hydrogen-bond donors (Lipinski definition) is 0. The Morgan fingerprint density at radius 1 is 1.15 bits per heavy atom. The van der Waals surface area contributed by atoms with Crippen molar-refractivity contribution >= 4 is 27.3 Å². The van der Waals surface area contributed by atoms with E-state index in [1.165, 1.54) is 23.5 Å². The van der Waals surface area contributed by atoms with Crippen molar-refractivity contribution in [1.82, 2.24) is 9.88 Å². The first-order chi connectivity index (χ1) is 13.2. The van der Waals surface area contributed by atoms with E-state index in [0.29, 0.717) is 10.8 Å². The number of amides is 1. The Labute approximate surface area is 160 Å². The molecule has 6 heteroatoms. The van der Waals surface area contributed by atoms with Crippen LogP contribution in [-0.2, 0) is 0 Å². The van der Waals surface area contributed by atoms with Crippen LogP contribution in [0.4, 0.5) is 4.39 Å². The molecule has 2 aliphatic heterocycles. The maximum atomic E-state index is 13.4. The van der Waals surface area contributed by atoms with Gasteiger partial charge in [0.15, 0.2) is 0 Å². The van der Waals surface area contributed by atoms with Crippen LogP contribution in [0, 0.1) is 5.82 Å². The number of pyridine rings is 1. The van der Waals surface area contributed by atoms with E-state index >= 15 is 0 Å². The Hall–Kier alpha value is -2.47. The molecule has 3 aromatic rings. The Bertz CT molecular complexity index is 976. The number of rotatable bonds is 3. The number of halogens is 1. The lowest BCUT2D eigenvalue weighted by molar-refractivity contribution is 0.0352. The summed E-state index contributed by atoms with van der Waals surface area (Å²) in [7, 11) is 0. The summed E-state index contributed by atoms with van der Waals surface area (Å²) in [6.45, 7) is 0. The molecule has 2 saturated heterocycles. The third-order valence-corrected chi connectivity index (χ3v) is 6.64. The molecule has 2 fully saturated rings. The van der Waals surface area contributed by atoms with Gasteiger partial charge in [-0.15, -0.1) is 11.3 Å². The Balaban J connectivity index is 1.34. The number of carbonyl (C=O) groups excluding carboxylic acids is 1. The van der Waals surface area contributed by atoms with Gasteiger partial charge in [-0.1, -0.05) is 6.07 Å². The van der Waals surface area contributed by atoms with Gasteiger partial charge in [-0.05, 0) is 48.6 Å². The molecule has 1 amide bonds. The zero-order chi connectivity index (χ0) is 18.4. The van der Waals surface area contributed by atoms with E-state index in [-0.39, 0.29) is 29.9 Å². The van der Waals surface area contributed by atoms with E-state index in [0.717, 1.165) is 35.8 Å². The second kappa shape index (κ2) is 6.60. The van der Waals surface area contributed by atoms with Crippen LogP contribution in [0.5, 0.6) is 5.88 Å². The van der Waals surface area contributed by atoms with E-state index < -0.39 is 0 Å². The molecule has 138 valence electrons. The molecule has 0 spiro atoms. The summed E-state index contributed by atoms with van der Waals surface area (Å²) in [5, 5.41) is 0.795. The summed E-state index contributed by atoms with van der Waals surface area (Å²) in [6.07, 6.45) is 5.51. The highest BCUT2D eigenvalue weighted by Gasteiger charge is 2.44. The summed E-state index contributed by atoms with van der Waals surface area (Å²) in [5.74, 6) is 0.445. The van der Waals surface area contributed by atoms with E-state index in [2.05, 4.69) is 4.98 Å². The number of thiophene rings is 1. The maximum absolute atomic E-state index is 13.4. The van der Waals surface area contributed by atoms with Crippen LogP contribution in [0.25, 0.3) is 10.1 Å². The van der Waals surface area contributed by atoms with Crippen molar-refractivity contribution in [2.75, 3.05) is 0 Å². The Morgan fingerprint density at radius 2 is 1.96 bits per heavy atom. The second-order valence-electron chi connectivity index (χ2n) is 7.27. The fourth-order valence-corrected chi connectivity index (χ4v) is 5.38. The number of fused-ring (bicyclic) bond motifs is 3. The molecule has 0 aliphatic carbocycles. The molecule has 4 heterocycles. The second-order valence-corrected chi connectivity index (χ2v) is 8.35. The number of aromatic nitrogens is 1. The number of ether oxygens (including phenoxy) is 1. The highest BCUT2D eigenvalue weighted by atomic mass is 32.1. The summed E-state index contributed by atoms with van der Waals surface area (Å²) in [5.41, 5.74) is 0. The number of nitrogens with zero attached hydrogens (tertiary/aromatic N) is 2. The quantitative estimate of drug-likeness (QED) is 0.662.